The lowest BCUT2D eigenvalue weighted by molar-refractivity contribution is -0.179. The fourth-order valence-corrected chi connectivity index (χ4v) is 5.24. The number of benzene rings is 1. The topological polar surface area (TPSA) is 133 Å². The molecule has 10 nitrogen and oxygen atoms in total. The molecule has 0 spiro atoms. The molecular formula is C27H37FN4O6. The van der Waals surface area contributed by atoms with Crippen molar-refractivity contribution in [3.63, 3.8) is 0 Å². The fourth-order valence-electron chi connectivity index (χ4n) is 5.24. The first kappa shape index (κ1) is 28.3. The summed E-state index contributed by atoms with van der Waals surface area (Å²) in [5.74, 6) is -3.20. The Morgan fingerprint density at radius 3 is 2.71 bits per heavy atom. The number of aliphatic hydroxyl groups excluding tert-OH is 2. The Morgan fingerprint density at radius 2 is 2.05 bits per heavy atom. The number of hydrogen-bond donors (Lipinski definition) is 4. The number of rotatable bonds is 10. The van der Waals surface area contributed by atoms with E-state index in [2.05, 4.69) is 15.6 Å². The Kier molecular flexibility index (Phi) is 8.34. The van der Waals surface area contributed by atoms with E-state index in [1.54, 1.807) is 23.2 Å². The van der Waals surface area contributed by atoms with Gasteiger partial charge in [-0.2, -0.15) is 0 Å². The van der Waals surface area contributed by atoms with Crippen molar-refractivity contribution in [1.29, 1.82) is 0 Å². The summed E-state index contributed by atoms with van der Waals surface area (Å²) < 4.78 is 25.1. The van der Waals surface area contributed by atoms with Gasteiger partial charge >= 0.3 is 0 Å². The molecule has 4 N–H and O–H groups in total. The van der Waals surface area contributed by atoms with Crippen molar-refractivity contribution in [3.05, 3.63) is 47.0 Å². The summed E-state index contributed by atoms with van der Waals surface area (Å²) in [5.41, 5.74) is -0.214. The third kappa shape index (κ3) is 5.52. The number of hydrogen-bond acceptors (Lipinski definition) is 9. The van der Waals surface area contributed by atoms with Crippen molar-refractivity contribution >= 4 is 17.9 Å². The van der Waals surface area contributed by atoms with E-state index in [1.807, 2.05) is 20.8 Å². The SMILES string of the molecule is COCCNC(=O)C1C(=O)C2=C3N(CC(CNC(C)(C)CO)OC3(C)C(Cc3ccc(F)cc3)C=N2)C1O. The zero-order valence-electron chi connectivity index (χ0n) is 22.2. The molecule has 11 heteroatoms. The van der Waals surface area contributed by atoms with Crippen molar-refractivity contribution in [2.75, 3.05) is 40.0 Å². The van der Waals surface area contributed by atoms with Crippen LogP contribution in [-0.2, 0) is 25.5 Å². The number of methoxy groups -OCH3 is 1. The predicted octanol–water partition coefficient (Wildman–Crippen LogP) is 0.380. The molecule has 38 heavy (non-hydrogen) atoms. The number of carbonyl (C=O) groups is 2. The Balaban J connectivity index is 1.69. The Bertz CT molecular complexity index is 1110. The number of nitrogens with zero attached hydrogens (tertiary/aromatic N) is 2. The molecule has 1 amide bonds. The molecule has 5 unspecified atom stereocenters. The Morgan fingerprint density at radius 1 is 1.34 bits per heavy atom. The highest BCUT2D eigenvalue weighted by atomic mass is 19.1. The second kappa shape index (κ2) is 11.2. The minimum absolute atomic E-state index is 0.0866. The van der Waals surface area contributed by atoms with Gasteiger partial charge < -0.3 is 35.2 Å². The summed E-state index contributed by atoms with van der Waals surface area (Å²) in [6.07, 6.45) is 0.250. The molecule has 0 saturated carbocycles. The first-order valence-corrected chi connectivity index (χ1v) is 12.8. The molecule has 1 aromatic carbocycles. The van der Waals surface area contributed by atoms with Crippen molar-refractivity contribution in [2.45, 2.75) is 50.7 Å². The van der Waals surface area contributed by atoms with E-state index in [0.29, 0.717) is 18.7 Å². The van der Waals surface area contributed by atoms with Crippen molar-refractivity contribution < 1.29 is 33.7 Å². The number of nitrogens with one attached hydrogen (secondary N) is 2. The van der Waals surface area contributed by atoms with Gasteiger partial charge in [-0.1, -0.05) is 12.1 Å². The maximum absolute atomic E-state index is 13.5. The lowest BCUT2D eigenvalue weighted by Crippen LogP contribution is -2.67. The second-order valence-corrected chi connectivity index (χ2v) is 10.9. The van der Waals surface area contributed by atoms with E-state index < -0.39 is 41.1 Å². The molecule has 3 heterocycles. The number of aliphatic imine (C=N–C) groups is 1. The number of aliphatic hydroxyl groups is 2. The largest absolute Gasteiger partial charge is 0.394 e. The molecule has 5 atom stereocenters. The average molecular weight is 533 g/mol. The van der Waals surface area contributed by atoms with Crippen LogP contribution >= 0.6 is 0 Å². The Labute approximate surface area is 221 Å². The lowest BCUT2D eigenvalue weighted by Gasteiger charge is -2.55. The van der Waals surface area contributed by atoms with Crippen LogP contribution in [0.3, 0.4) is 0 Å². The van der Waals surface area contributed by atoms with Crippen LogP contribution in [0.5, 0.6) is 0 Å². The number of amides is 1. The van der Waals surface area contributed by atoms with Gasteiger partial charge in [0.1, 0.15) is 29.3 Å². The van der Waals surface area contributed by atoms with Crippen LogP contribution in [0.25, 0.3) is 0 Å². The Hall–Kier alpha value is -2.70. The van der Waals surface area contributed by atoms with Crippen LogP contribution in [-0.4, -0.2) is 96.4 Å². The molecule has 208 valence electrons. The highest BCUT2D eigenvalue weighted by Gasteiger charge is 2.57. The van der Waals surface area contributed by atoms with Crippen LogP contribution in [0.15, 0.2) is 40.7 Å². The molecule has 0 bridgehead atoms. The van der Waals surface area contributed by atoms with Crippen LogP contribution in [0.4, 0.5) is 4.39 Å². The zero-order valence-corrected chi connectivity index (χ0v) is 22.2. The van der Waals surface area contributed by atoms with Gasteiger partial charge in [0.15, 0.2) is 5.78 Å². The zero-order chi connectivity index (χ0) is 27.7. The van der Waals surface area contributed by atoms with Gasteiger partial charge in [-0.3, -0.25) is 14.6 Å². The van der Waals surface area contributed by atoms with Gasteiger partial charge in [0, 0.05) is 44.4 Å². The summed E-state index contributed by atoms with van der Waals surface area (Å²) in [7, 11) is 1.50. The van der Waals surface area contributed by atoms with Crippen LogP contribution in [0.1, 0.15) is 26.3 Å². The highest BCUT2D eigenvalue weighted by Crippen LogP contribution is 2.47. The summed E-state index contributed by atoms with van der Waals surface area (Å²) in [6, 6.07) is 6.17. The summed E-state index contributed by atoms with van der Waals surface area (Å²) in [6.45, 7) is 6.52. The minimum atomic E-state index is -1.42. The average Bonchev–Trinajstić information content (AvgIpc) is 2.88. The maximum Gasteiger partial charge on any atom is 0.235 e. The molecule has 0 radical (unpaired) electrons. The predicted molar refractivity (Wildman–Crippen MR) is 138 cm³/mol. The molecule has 1 fully saturated rings. The number of morpholine rings is 1. The van der Waals surface area contributed by atoms with Gasteiger partial charge in [0.05, 0.1) is 25.0 Å². The number of allylic oxidation sites excluding steroid dienone is 1. The van der Waals surface area contributed by atoms with Gasteiger partial charge in [0.2, 0.25) is 5.91 Å². The van der Waals surface area contributed by atoms with E-state index in [1.165, 1.54) is 19.2 Å². The molecular weight excluding hydrogens is 495 g/mol. The lowest BCUT2D eigenvalue weighted by atomic mass is 9.74. The van der Waals surface area contributed by atoms with Gasteiger partial charge in [0.25, 0.3) is 0 Å². The van der Waals surface area contributed by atoms with Crippen molar-refractivity contribution in [2.24, 2.45) is 16.8 Å². The van der Waals surface area contributed by atoms with Crippen molar-refractivity contribution in [1.82, 2.24) is 15.5 Å². The summed E-state index contributed by atoms with van der Waals surface area (Å²) >= 11 is 0. The maximum atomic E-state index is 13.5. The van der Waals surface area contributed by atoms with E-state index in [9.17, 15) is 24.2 Å². The number of ether oxygens (including phenoxy) is 2. The van der Waals surface area contributed by atoms with E-state index in [4.69, 9.17) is 9.47 Å². The van der Waals surface area contributed by atoms with E-state index in [-0.39, 0.29) is 43.7 Å². The minimum Gasteiger partial charge on any atom is -0.394 e. The van der Waals surface area contributed by atoms with Gasteiger partial charge in [-0.25, -0.2) is 4.39 Å². The van der Waals surface area contributed by atoms with Crippen LogP contribution in [0, 0.1) is 17.7 Å². The smallest absolute Gasteiger partial charge is 0.235 e. The molecule has 4 rings (SSSR count). The summed E-state index contributed by atoms with van der Waals surface area (Å²) in [4.78, 5) is 32.6. The van der Waals surface area contributed by atoms with Gasteiger partial charge in [-0.15, -0.1) is 0 Å². The van der Waals surface area contributed by atoms with Crippen LogP contribution < -0.4 is 10.6 Å². The fraction of sp³-hybridized carbons (Fsp3) is 0.593. The molecule has 0 aliphatic carbocycles. The number of ketones is 1. The first-order valence-electron chi connectivity index (χ1n) is 12.8. The quantitative estimate of drug-likeness (QED) is 0.251. The third-order valence-corrected chi connectivity index (χ3v) is 7.48. The molecule has 3 aliphatic rings. The van der Waals surface area contributed by atoms with Crippen LogP contribution in [0.2, 0.25) is 0 Å². The monoisotopic (exact) mass is 532 g/mol. The second-order valence-electron chi connectivity index (χ2n) is 10.9. The number of Topliss-reactive ketones (excluding diaryl/α,β-unsaturated/α-hetero) is 1. The van der Waals surface area contributed by atoms with Gasteiger partial charge in [-0.05, 0) is 44.9 Å². The molecule has 3 aliphatic heterocycles. The normalized spacial score (nSPS) is 28.9. The van der Waals surface area contributed by atoms with E-state index in [0.717, 1.165) is 5.56 Å². The first-order chi connectivity index (χ1) is 18.0. The molecule has 1 aromatic rings. The van der Waals surface area contributed by atoms with Crippen molar-refractivity contribution in [3.8, 4) is 0 Å². The number of halogens is 1. The summed E-state index contributed by atoms with van der Waals surface area (Å²) in [5, 5.41) is 27.0. The van der Waals surface area contributed by atoms with E-state index >= 15 is 0 Å². The highest BCUT2D eigenvalue weighted by molar-refractivity contribution is 6.12. The molecule has 1 saturated heterocycles. The molecule has 0 aromatic heterocycles. The standard InChI is InChI=1S/C27H37FN4O6/c1-26(2,15-33)31-13-19-14-32-23-21(22(34)20(25(32)36)24(35)29-9-10-37-4)30-12-17(27(23,3)38-19)11-16-5-7-18(28)8-6-16/h5-8,12,17,19-20,25,31,33,36H,9-11,13-15H2,1-4H3,(H,29,35). The number of carbonyl (C=O) groups excluding carboxylic acids is 2. The third-order valence-electron chi connectivity index (χ3n) is 7.48.